The smallest absolute Gasteiger partial charge is 0.264 e. The number of oxazole rings is 1. The van der Waals surface area contributed by atoms with E-state index in [4.69, 9.17) is 8.94 Å². The summed E-state index contributed by atoms with van der Waals surface area (Å²) in [5.41, 5.74) is 3.79. The van der Waals surface area contributed by atoms with Crippen LogP contribution < -0.4 is 4.72 Å². The number of imide groups is 1. The summed E-state index contributed by atoms with van der Waals surface area (Å²) >= 11 is 0. The molecule has 0 fully saturated rings. The van der Waals surface area contributed by atoms with E-state index in [0.717, 1.165) is 4.90 Å². The Morgan fingerprint density at radius 3 is 2.17 bits per heavy atom. The zero-order chi connectivity index (χ0) is 28.0. The van der Waals surface area contributed by atoms with Gasteiger partial charge in [-0.3, -0.25) is 14.5 Å². The maximum Gasteiger partial charge on any atom is 0.264 e. The third-order valence-electron chi connectivity index (χ3n) is 6.84. The fourth-order valence-corrected chi connectivity index (χ4v) is 5.92. The van der Waals surface area contributed by atoms with Gasteiger partial charge in [0.25, 0.3) is 21.8 Å². The van der Waals surface area contributed by atoms with E-state index in [-0.39, 0.29) is 17.3 Å². The molecule has 6 rings (SSSR count). The Morgan fingerprint density at radius 1 is 0.875 bits per heavy atom. The second-order valence-corrected chi connectivity index (χ2v) is 10.9. The quantitative estimate of drug-likeness (QED) is 0.271. The van der Waals surface area contributed by atoms with Crippen molar-refractivity contribution in [2.24, 2.45) is 0 Å². The molecule has 0 saturated carbocycles. The SMILES string of the molecule is Cc1noc(NS(=O)(=O)c2ccccc2-c2ccc(-c3ncco3)cc2CN2C(=O)c3ccccc3C2=O)c1C. The van der Waals surface area contributed by atoms with Crippen LogP contribution in [0.3, 0.4) is 0 Å². The van der Waals surface area contributed by atoms with Crippen LogP contribution in [0.5, 0.6) is 0 Å². The van der Waals surface area contributed by atoms with Crippen molar-refractivity contribution in [3.05, 3.63) is 107 Å². The second-order valence-electron chi connectivity index (χ2n) is 9.27. The molecule has 40 heavy (non-hydrogen) atoms. The standard InChI is InChI=1S/C29H22N4O6S/c1-17-18(2)31-39-26(17)32-40(36,37)25-10-6-5-7-22(25)21-12-11-19(27-30-13-14-38-27)15-20(21)16-33-28(34)23-8-3-4-9-24(23)29(33)35/h3-15,32H,16H2,1-2H3. The van der Waals surface area contributed by atoms with E-state index in [2.05, 4.69) is 14.9 Å². The van der Waals surface area contributed by atoms with Crippen molar-refractivity contribution in [3.8, 4) is 22.6 Å². The van der Waals surface area contributed by atoms with E-state index in [1.165, 1.54) is 18.5 Å². The Kier molecular flexibility index (Phi) is 6.07. The van der Waals surface area contributed by atoms with Gasteiger partial charge in [-0.25, -0.2) is 18.1 Å². The number of benzene rings is 3. The summed E-state index contributed by atoms with van der Waals surface area (Å²) in [6.07, 6.45) is 2.95. The lowest BCUT2D eigenvalue weighted by Gasteiger charge is -2.19. The first-order valence-electron chi connectivity index (χ1n) is 12.3. The topological polar surface area (TPSA) is 136 Å². The van der Waals surface area contributed by atoms with Crippen LogP contribution in [0.1, 0.15) is 37.5 Å². The minimum absolute atomic E-state index is 0.0177. The van der Waals surface area contributed by atoms with Gasteiger partial charge in [0.15, 0.2) is 0 Å². The molecule has 3 aromatic carbocycles. The van der Waals surface area contributed by atoms with E-state index in [1.807, 2.05) is 0 Å². The highest BCUT2D eigenvalue weighted by Crippen LogP contribution is 2.36. The van der Waals surface area contributed by atoms with E-state index in [0.29, 0.717) is 50.5 Å². The minimum atomic E-state index is -4.13. The number of nitrogens with zero attached hydrogens (tertiary/aromatic N) is 3. The van der Waals surface area contributed by atoms with Crippen molar-refractivity contribution in [1.29, 1.82) is 0 Å². The number of hydrogen-bond donors (Lipinski definition) is 1. The predicted molar refractivity (Wildman–Crippen MR) is 145 cm³/mol. The van der Waals surface area contributed by atoms with Crippen molar-refractivity contribution in [1.82, 2.24) is 15.0 Å². The number of aromatic nitrogens is 2. The highest BCUT2D eigenvalue weighted by Gasteiger charge is 2.36. The molecular formula is C29H22N4O6S. The van der Waals surface area contributed by atoms with Gasteiger partial charge < -0.3 is 8.94 Å². The first-order chi connectivity index (χ1) is 19.2. The van der Waals surface area contributed by atoms with Gasteiger partial charge in [0.05, 0.1) is 34.5 Å². The molecule has 10 nitrogen and oxygen atoms in total. The molecule has 200 valence electrons. The Labute approximate surface area is 229 Å². The molecule has 0 saturated heterocycles. The number of aryl methyl sites for hydroxylation is 1. The van der Waals surface area contributed by atoms with Crippen LogP contribution in [0.15, 0.2) is 93.0 Å². The number of hydrogen-bond acceptors (Lipinski definition) is 8. The molecule has 0 radical (unpaired) electrons. The van der Waals surface area contributed by atoms with Gasteiger partial charge in [-0.15, -0.1) is 0 Å². The van der Waals surface area contributed by atoms with E-state index >= 15 is 0 Å². The molecule has 5 aromatic rings. The average Bonchev–Trinajstić information content (AvgIpc) is 3.67. The van der Waals surface area contributed by atoms with Gasteiger partial charge >= 0.3 is 0 Å². The summed E-state index contributed by atoms with van der Waals surface area (Å²) in [7, 11) is -4.13. The normalized spacial score (nSPS) is 13.1. The molecule has 0 atom stereocenters. The first kappa shape index (κ1) is 25.3. The maximum atomic E-state index is 13.6. The molecule has 0 aliphatic carbocycles. The van der Waals surface area contributed by atoms with Crippen molar-refractivity contribution in [2.75, 3.05) is 4.72 Å². The molecule has 0 spiro atoms. The molecule has 1 aliphatic rings. The zero-order valence-corrected chi connectivity index (χ0v) is 22.2. The van der Waals surface area contributed by atoms with Gasteiger partial charge in [-0.1, -0.05) is 41.6 Å². The Morgan fingerprint density at radius 2 is 1.55 bits per heavy atom. The van der Waals surface area contributed by atoms with Gasteiger partial charge in [0, 0.05) is 16.7 Å². The first-order valence-corrected chi connectivity index (χ1v) is 13.8. The number of sulfonamides is 1. The van der Waals surface area contributed by atoms with Crippen molar-refractivity contribution in [2.45, 2.75) is 25.3 Å². The third-order valence-corrected chi connectivity index (χ3v) is 8.23. The summed E-state index contributed by atoms with van der Waals surface area (Å²) in [6, 6.07) is 18.3. The van der Waals surface area contributed by atoms with Gasteiger partial charge in [-0.2, -0.15) is 0 Å². The molecule has 1 aliphatic heterocycles. The third kappa shape index (κ3) is 4.26. The summed E-state index contributed by atoms with van der Waals surface area (Å²) in [5.74, 6) is -0.481. The van der Waals surface area contributed by atoms with Gasteiger partial charge in [0.1, 0.15) is 6.26 Å². The fraction of sp³-hybridized carbons (Fsp3) is 0.103. The summed E-state index contributed by atoms with van der Waals surface area (Å²) < 4.78 is 40.3. The molecule has 1 N–H and O–H groups in total. The molecule has 11 heteroatoms. The van der Waals surface area contributed by atoms with Crippen LogP contribution in [0.2, 0.25) is 0 Å². The number of rotatable bonds is 7. The Hall–Kier alpha value is -5.03. The van der Waals surface area contributed by atoms with Crippen molar-refractivity contribution >= 4 is 27.7 Å². The number of anilines is 1. The average molecular weight is 555 g/mol. The highest BCUT2D eigenvalue weighted by atomic mass is 32.2. The fourth-order valence-electron chi connectivity index (χ4n) is 4.65. The monoisotopic (exact) mass is 554 g/mol. The van der Waals surface area contributed by atoms with Crippen LogP contribution in [0.25, 0.3) is 22.6 Å². The molecule has 3 heterocycles. The summed E-state index contributed by atoms with van der Waals surface area (Å²) in [6.45, 7) is 3.32. The van der Waals surface area contributed by atoms with Gasteiger partial charge in [-0.05, 0) is 55.3 Å². The van der Waals surface area contributed by atoms with Crippen LogP contribution in [-0.4, -0.2) is 35.3 Å². The number of fused-ring (bicyclic) bond motifs is 1. The lowest BCUT2D eigenvalue weighted by molar-refractivity contribution is 0.0642. The summed E-state index contributed by atoms with van der Waals surface area (Å²) in [4.78, 5) is 31.7. The van der Waals surface area contributed by atoms with Crippen LogP contribution in [0.4, 0.5) is 5.88 Å². The van der Waals surface area contributed by atoms with E-state index in [9.17, 15) is 18.0 Å². The number of carbonyl (C=O) groups excluding carboxylic acids is 2. The second kappa shape index (κ2) is 9.62. The summed E-state index contributed by atoms with van der Waals surface area (Å²) in [5, 5.41) is 3.83. The molecule has 2 aromatic heterocycles. The van der Waals surface area contributed by atoms with Crippen LogP contribution >= 0.6 is 0 Å². The minimum Gasteiger partial charge on any atom is -0.445 e. The van der Waals surface area contributed by atoms with Crippen LogP contribution in [0, 0.1) is 13.8 Å². The number of carbonyl (C=O) groups is 2. The number of amides is 2. The van der Waals surface area contributed by atoms with Gasteiger partial charge in [0.2, 0.25) is 11.8 Å². The maximum absolute atomic E-state index is 13.6. The van der Waals surface area contributed by atoms with Crippen LogP contribution in [-0.2, 0) is 16.6 Å². The van der Waals surface area contributed by atoms with Crippen molar-refractivity contribution < 1.29 is 26.9 Å². The predicted octanol–water partition coefficient (Wildman–Crippen LogP) is 5.21. The Balaban J connectivity index is 1.46. The molecular weight excluding hydrogens is 532 g/mol. The van der Waals surface area contributed by atoms with E-state index < -0.39 is 21.8 Å². The Bertz CT molecular complexity index is 1860. The number of nitrogens with one attached hydrogen (secondary N) is 1. The lowest BCUT2D eigenvalue weighted by atomic mass is 9.96. The molecule has 0 unspecified atom stereocenters. The van der Waals surface area contributed by atoms with Crippen molar-refractivity contribution in [3.63, 3.8) is 0 Å². The molecule has 2 amide bonds. The lowest BCUT2D eigenvalue weighted by Crippen LogP contribution is -2.29. The largest absolute Gasteiger partial charge is 0.445 e. The van der Waals surface area contributed by atoms with E-state index in [1.54, 1.807) is 74.5 Å². The highest BCUT2D eigenvalue weighted by molar-refractivity contribution is 7.92. The zero-order valence-electron chi connectivity index (χ0n) is 21.4. The molecule has 0 bridgehead atoms.